The van der Waals surface area contributed by atoms with E-state index in [0.29, 0.717) is 17.3 Å². The summed E-state index contributed by atoms with van der Waals surface area (Å²) in [5.74, 6) is 1.67. The maximum Gasteiger partial charge on any atom is 0.168 e. The van der Waals surface area contributed by atoms with Gasteiger partial charge in [-0.3, -0.25) is 0 Å². The van der Waals surface area contributed by atoms with Gasteiger partial charge < -0.3 is 14.7 Å². The summed E-state index contributed by atoms with van der Waals surface area (Å²) in [5.41, 5.74) is 5.15. The van der Waals surface area contributed by atoms with E-state index in [0.717, 1.165) is 66.4 Å². The molecular weight excluding hydrogens is 572 g/mol. The number of rotatable bonds is 3. The normalized spacial score (nSPS) is 19.1. The molecule has 2 aromatic heterocycles. The minimum Gasteiger partial charge on any atom is -0.454 e. The molecule has 7 heteroatoms. The van der Waals surface area contributed by atoms with Crippen LogP contribution in [0.1, 0.15) is 82.2 Å². The maximum atomic E-state index is 15.5. The molecule has 5 aromatic rings. The second-order valence-corrected chi connectivity index (χ2v) is 14.2. The number of aromatic nitrogens is 3. The summed E-state index contributed by atoms with van der Waals surface area (Å²) >= 11 is 1.80. The summed E-state index contributed by atoms with van der Waals surface area (Å²) in [6.45, 7) is 9.16. The van der Waals surface area contributed by atoms with Crippen LogP contribution < -0.4 is 4.74 Å². The third-order valence-electron chi connectivity index (χ3n) is 9.25. The van der Waals surface area contributed by atoms with E-state index in [2.05, 4.69) is 66.9 Å². The van der Waals surface area contributed by atoms with Gasteiger partial charge in [0.15, 0.2) is 11.6 Å². The number of aryl methyl sites for hydroxylation is 1. The molecular formula is C37H41F2N3OS. The van der Waals surface area contributed by atoms with Gasteiger partial charge in [0.2, 0.25) is 0 Å². The van der Waals surface area contributed by atoms with E-state index in [9.17, 15) is 0 Å². The molecule has 1 atom stereocenters. The Morgan fingerprint density at radius 2 is 1.84 bits per heavy atom. The molecule has 6 rings (SSSR count). The van der Waals surface area contributed by atoms with E-state index < -0.39 is 11.6 Å². The second-order valence-electron chi connectivity index (χ2n) is 13.1. The van der Waals surface area contributed by atoms with Crippen molar-refractivity contribution in [3.63, 3.8) is 0 Å². The predicted molar refractivity (Wildman–Crippen MR) is 178 cm³/mol. The lowest BCUT2D eigenvalue weighted by Gasteiger charge is -2.32. The third kappa shape index (κ3) is 6.16. The molecule has 2 N–H and O–H groups in total. The smallest absolute Gasteiger partial charge is 0.168 e. The van der Waals surface area contributed by atoms with Crippen LogP contribution >= 0.6 is 11.8 Å². The molecule has 1 aliphatic rings. The maximum absolute atomic E-state index is 15.5. The number of benzene rings is 3. The first-order valence-corrected chi connectivity index (χ1v) is 16.8. The van der Waals surface area contributed by atoms with Crippen molar-refractivity contribution in [1.82, 2.24) is 15.0 Å². The molecule has 0 amide bonds. The van der Waals surface area contributed by atoms with Crippen molar-refractivity contribution in [3.05, 3.63) is 101 Å². The minimum absolute atomic E-state index is 0.147. The fraction of sp³-hybridized carbons (Fsp3) is 0.378. The molecule has 3 heterocycles. The molecule has 0 saturated heterocycles. The lowest BCUT2D eigenvalue weighted by molar-refractivity contribution is 0.298. The highest BCUT2D eigenvalue weighted by molar-refractivity contribution is 7.98. The molecule has 3 aromatic carbocycles. The van der Waals surface area contributed by atoms with Gasteiger partial charge in [0.25, 0.3) is 0 Å². The monoisotopic (exact) mass is 613 g/mol. The Morgan fingerprint density at radius 1 is 0.977 bits per heavy atom. The lowest BCUT2D eigenvalue weighted by atomic mass is 9.73. The number of hydrogen-bond donors (Lipinski definition) is 2. The van der Waals surface area contributed by atoms with Crippen molar-refractivity contribution >= 4 is 22.7 Å². The summed E-state index contributed by atoms with van der Waals surface area (Å²) in [7, 11) is 0. The number of hydrogen-bond acceptors (Lipinski definition) is 3. The van der Waals surface area contributed by atoms with E-state index >= 15 is 8.78 Å². The number of nitrogens with zero attached hydrogens (tertiary/aromatic N) is 1. The highest BCUT2D eigenvalue weighted by atomic mass is 32.2. The highest BCUT2D eigenvalue weighted by Gasteiger charge is 2.32. The number of fused-ring (bicyclic) bond motifs is 8. The molecule has 0 saturated carbocycles. The van der Waals surface area contributed by atoms with Crippen molar-refractivity contribution in [2.24, 2.45) is 5.41 Å². The zero-order valence-electron chi connectivity index (χ0n) is 26.0. The van der Waals surface area contributed by atoms with Crippen LogP contribution in [0, 0.1) is 17.0 Å². The van der Waals surface area contributed by atoms with Crippen molar-refractivity contribution in [3.8, 4) is 22.9 Å². The number of ether oxygens (including phenoxy) is 1. The Morgan fingerprint density at radius 3 is 2.68 bits per heavy atom. The van der Waals surface area contributed by atoms with Crippen LogP contribution in [0.15, 0.2) is 67.0 Å². The average molecular weight is 614 g/mol. The topological polar surface area (TPSA) is 53.7 Å². The molecule has 0 radical (unpaired) electrons. The molecule has 44 heavy (non-hydrogen) atoms. The van der Waals surface area contributed by atoms with Gasteiger partial charge in [-0.15, -0.1) is 0 Å². The van der Waals surface area contributed by atoms with E-state index in [-0.39, 0.29) is 22.1 Å². The highest BCUT2D eigenvalue weighted by Crippen LogP contribution is 2.42. The van der Waals surface area contributed by atoms with Gasteiger partial charge in [0, 0.05) is 51.8 Å². The van der Waals surface area contributed by atoms with Crippen molar-refractivity contribution in [1.29, 1.82) is 0 Å². The van der Waals surface area contributed by atoms with E-state index in [4.69, 9.17) is 4.74 Å². The van der Waals surface area contributed by atoms with Gasteiger partial charge in [-0.2, -0.15) is 11.8 Å². The van der Waals surface area contributed by atoms with Crippen LogP contribution in [0.2, 0.25) is 0 Å². The first-order valence-electron chi connectivity index (χ1n) is 15.7. The van der Waals surface area contributed by atoms with Crippen molar-refractivity contribution in [2.75, 3.05) is 5.75 Å². The second kappa shape index (κ2) is 12.4. The van der Waals surface area contributed by atoms with Gasteiger partial charge in [-0.25, -0.2) is 13.8 Å². The number of halogens is 2. The third-order valence-corrected chi connectivity index (χ3v) is 10.2. The van der Waals surface area contributed by atoms with Crippen LogP contribution in [0.25, 0.3) is 22.3 Å². The van der Waals surface area contributed by atoms with E-state index in [1.54, 1.807) is 23.9 Å². The Hall–Kier alpha value is -3.58. The summed E-state index contributed by atoms with van der Waals surface area (Å²) in [4.78, 5) is 11.3. The molecule has 0 aliphatic carbocycles. The van der Waals surface area contributed by atoms with Gasteiger partial charge in [-0.05, 0) is 79.2 Å². The number of aromatic amines is 2. The Bertz CT molecular complexity index is 1770. The summed E-state index contributed by atoms with van der Waals surface area (Å²) in [6.07, 6.45) is 9.89. The van der Waals surface area contributed by atoms with Gasteiger partial charge >= 0.3 is 0 Å². The van der Waals surface area contributed by atoms with Gasteiger partial charge in [0.05, 0.1) is 5.56 Å². The van der Waals surface area contributed by atoms with Crippen LogP contribution in [0.5, 0.6) is 11.5 Å². The Balaban J connectivity index is 1.45. The predicted octanol–water partition coefficient (Wildman–Crippen LogP) is 10.7. The van der Waals surface area contributed by atoms with Gasteiger partial charge in [-0.1, -0.05) is 57.9 Å². The lowest BCUT2D eigenvalue weighted by Crippen LogP contribution is -2.25. The van der Waals surface area contributed by atoms with E-state index in [1.807, 2.05) is 18.5 Å². The Labute approximate surface area is 263 Å². The molecule has 0 fully saturated rings. The summed E-state index contributed by atoms with van der Waals surface area (Å²) in [5, 5.41) is 0.933. The van der Waals surface area contributed by atoms with Crippen molar-refractivity contribution in [2.45, 2.75) is 77.4 Å². The van der Waals surface area contributed by atoms with Crippen LogP contribution in [0.3, 0.4) is 0 Å². The SMILES string of the molecule is CCCc1cccc(C2(C)CCCC(C)(C)CCSCc3c(c(F)cc4[nH]ccc34)Oc3ccc(F)c(c3)-c3ncc2[nH]3)c1. The van der Waals surface area contributed by atoms with Crippen LogP contribution in [-0.2, 0) is 17.6 Å². The van der Waals surface area contributed by atoms with Crippen LogP contribution in [-0.4, -0.2) is 20.7 Å². The number of H-pyrrole nitrogens is 2. The zero-order valence-corrected chi connectivity index (χ0v) is 26.8. The first kappa shape index (κ1) is 30.4. The minimum atomic E-state index is -0.447. The average Bonchev–Trinajstić information content (AvgIpc) is 3.68. The molecule has 0 spiro atoms. The number of nitrogens with one attached hydrogen (secondary N) is 2. The number of thioether (sulfide) groups is 1. The fourth-order valence-corrected chi connectivity index (χ4v) is 7.78. The van der Waals surface area contributed by atoms with Crippen LogP contribution in [0.4, 0.5) is 8.78 Å². The number of imidazole rings is 1. The first-order chi connectivity index (χ1) is 21.2. The fourth-order valence-electron chi connectivity index (χ4n) is 6.44. The molecule has 4 nitrogen and oxygen atoms in total. The largest absolute Gasteiger partial charge is 0.454 e. The molecule has 1 unspecified atom stereocenters. The van der Waals surface area contributed by atoms with E-state index in [1.165, 1.54) is 23.3 Å². The summed E-state index contributed by atoms with van der Waals surface area (Å²) in [6, 6.07) is 16.8. The zero-order chi connectivity index (χ0) is 30.9. The van der Waals surface area contributed by atoms with Gasteiger partial charge in [0.1, 0.15) is 17.4 Å². The quantitative estimate of drug-likeness (QED) is 0.213. The Kier molecular flexibility index (Phi) is 8.60. The molecule has 230 valence electrons. The molecule has 4 bridgehead atoms. The summed E-state index contributed by atoms with van der Waals surface area (Å²) < 4.78 is 37.1. The van der Waals surface area contributed by atoms with Crippen molar-refractivity contribution < 1.29 is 13.5 Å². The standard InChI is InChI=1S/C37H41F2N3OS/c1-5-8-24-9-6-10-25(19-24)37(4)15-7-14-36(2,3)16-18-44-23-29-27-13-17-40-32(27)21-31(39)34(29)43-26-11-12-30(38)28(20-26)35-41-22-33(37)42-35/h6,9-13,17,19-22,40H,5,7-8,14-16,18,23H2,1-4H3,(H,41,42). The molecule has 1 aliphatic heterocycles.